The van der Waals surface area contributed by atoms with E-state index >= 15 is 0 Å². The Balaban J connectivity index is 1.84. The van der Waals surface area contributed by atoms with Crippen molar-refractivity contribution in [1.82, 2.24) is 15.3 Å². The lowest BCUT2D eigenvalue weighted by Crippen LogP contribution is -2.13. The largest absolute Gasteiger partial charge is 0.345 e. The number of hydrogen-bond donors (Lipinski definition) is 2. The van der Waals surface area contributed by atoms with Crippen LogP contribution in [-0.2, 0) is 13.1 Å². The number of aryl methyl sites for hydroxylation is 2. The zero-order valence-electron chi connectivity index (χ0n) is 9.75. The molecule has 0 aliphatic carbocycles. The van der Waals surface area contributed by atoms with Crippen LogP contribution in [0.3, 0.4) is 0 Å². The zero-order chi connectivity index (χ0) is 11.4. The predicted octanol–water partition coefficient (Wildman–Crippen LogP) is 2.32. The minimum absolute atomic E-state index is 0.781. The Hall–Kier alpha value is -1.61. The molecule has 0 unspecified atom stereocenters. The quantitative estimate of drug-likeness (QED) is 0.821. The van der Waals surface area contributed by atoms with Crippen LogP contribution >= 0.6 is 0 Å². The normalized spacial score (nSPS) is 10.6. The molecule has 2 rings (SSSR count). The van der Waals surface area contributed by atoms with Gasteiger partial charge in [-0.15, -0.1) is 0 Å². The summed E-state index contributed by atoms with van der Waals surface area (Å²) in [5, 5.41) is 3.36. The first kappa shape index (κ1) is 10.9. The van der Waals surface area contributed by atoms with Crippen molar-refractivity contribution in [2.75, 3.05) is 0 Å². The van der Waals surface area contributed by atoms with Gasteiger partial charge in [-0.2, -0.15) is 0 Å². The van der Waals surface area contributed by atoms with Gasteiger partial charge in [0.15, 0.2) is 0 Å². The van der Waals surface area contributed by atoms with E-state index in [4.69, 9.17) is 0 Å². The Morgan fingerprint density at radius 3 is 2.50 bits per heavy atom. The summed E-state index contributed by atoms with van der Waals surface area (Å²) in [7, 11) is 0. The molecule has 1 aromatic carbocycles. The first-order valence-corrected chi connectivity index (χ1v) is 5.52. The molecule has 0 fully saturated rings. The molecule has 0 spiro atoms. The lowest BCUT2D eigenvalue weighted by molar-refractivity contribution is 0.667. The third kappa shape index (κ3) is 2.70. The maximum absolute atomic E-state index is 4.42. The fourth-order valence-corrected chi connectivity index (χ4v) is 1.63. The van der Waals surface area contributed by atoms with Gasteiger partial charge in [-0.3, -0.25) is 0 Å². The van der Waals surface area contributed by atoms with E-state index < -0.39 is 0 Å². The van der Waals surface area contributed by atoms with Crippen molar-refractivity contribution in [3.05, 3.63) is 53.1 Å². The molecule has 2 N–H and O–H groups in total. The monoisotopic (exact) mass is 215 g/mol. The Labute approximate surface area is 95.9 Å². The van der Waals surface area contributed by atoms with Crippen molar-refractivity contribution < 1.29 is 0 Å². The second kappa shape index (κ2) is 4.94. The fraction of sp³-hybridized carbons (Fsp3) is 0.308. The van der Waals surface area contributed by atoms with Crippen LogP contribution in [0.25, 0.3) is 0 Å². The van der Waals surface area contributed by atoms with E-state index in [0.717, 1.165) is 30.3 Å². The van der Waals surface area contributed by atoms with Gasteiger partial charge in [0, 0.05) is 12.2 Å². The molecule has 1 heterocycles. The van der Waals surface area contributed by atoms with Crippen molar-refractivity contribution in [2.45, 2.75) is 26.9 Å². The Morgan fingerprint density at radius 2 is 1.88 bits per heavy atom. The molecular weight excluding hydrogens is 198 g/mol. The van der Waals surface area contributed by atoms with Crippen LogP contribution < -0.4 is 5.32 Å². The van der Waals surface area contributed by atoms with E-state index in [-0.39, 0.29) is 0 Å². The Bertz CT molecular complexity index is 426. The number of benzene rings is 1. The van der Waals surface area contributed by atoms with Crippen LogP contribution in [0.4, 0.5) is 0 Å². The van der Waals surface area contributed by atoms with Gasteiger partial charge in [0.1, 0.15) is 5.82 Å². The average molecular weight is 215 g/mol. The highest BCUT2D eigenvalue weighted by Gasteiger charge is 2.01. The molecule has 2 aromatic rings. The van der Waals surface area contributed by atoms with Crippen LogP contribution in [0.1, 0.15) is 22.8 Å². The number of rotatable bonds is 4. The van der Waals surface area contributed by atoms with Crippen LogP contribution in [0.5, 0.6) is 0 Å². The second-order valence-electron chi connectivity index (χ2n) is 3.98. The highest BCUT2D eigenvalue weighted by Crippen LogP contribution is 2.03. The number of H-pyrrole nitrogens is 1. The number of aromatic amines is 1. The van der Waals surface area contributed by atoms with Crippen LogP contribution in [0, 0.1) is 13.8 Å². The number of imidazole rings is 1. The molecule has 84 valence electrons. The van der Waals surface area contributed by atoms with Gasteiger partial charge in [-0.1, -0.05) is 30.3 Å². The van der Waals surface area contributed by atoms with Crippen LogP contribution in [-0.4, -0.2) is 9.97 Å². The maximum Gasteiger partial charge on any atom is 0.120 e. The van der Waals surface area contributed by atoms with E-state index in [1.165, 1.54) is 5.56 Å². The van der Waals surface area contributed by atoms with Crippen molar-refractivity contribution in [2.24, 2.45) is 0 Å². The molecule has 0 amide bonds. The highest BCUT2D eigenvalue weighted by molar-refractivity contribution is 5.14. The number of nitrogens with one attached hydrogen (secondary N) is 2. The van der Waals surface area contributed by atoms with Gasteiger partial charge in [0.2, 0.25) is 0 Å². The third-order valence-corrected chi connectivity index (χ3v) is 2.64. The average Bonchev–Trinajstić information content (AvgIpc) is 2.60. The van der Waals surface area contributed by atoms with E-state index in [9.17, 15) is 0 Å². The van der Waals surface area contributed by atoms with E-state index in [0.29, 0.717) is 0 Å². The summed E-state index contributed by atoms with van der Waals surface area (Å²) in [5.74, 6) is 1.01. The van der Waals surface area contributed by atoms with Gasteiger partial charge in [-0.05, 0) is 19.4 Å². The lowest BCUT2D eigenvalue weighted by atomic mass is 10.2. The molecule has 1 aromatic heterocycles. The highest BCUT2D eigenvalue weighted by atomic mass is 15.0. The van der Waals surface area contributed by atoms with Crippen molar-refractivity contribution in [3.63, 3.8) is 0 Å². The first-order chi connectivity index (χ1) is 7.75. The minimum atomic E-state index is 0.781. The van der Waals surface area contributed by atoms with E-state index in [2.05, 4.69) is 39.6 Å². The molecule has 3 nitrogen and oxygen atoms in total. The molecular formula is C13H17N3. The summed E-state index contributed by atoms with van der Waals surface area (Å²) in [5.41, 5.74) is 3.52. The molecule has 0 atom stereocenters. The third-order valence-electron chi connectivity index (χ3n) is 2.64. The van der Waals surface area contributed by atoms with Gasteiger partial charge in [-0.25, -0.2) is 4.98 Å². The zero-order valence-corrected chi connectivity index (χ0v) is 9.75. The fourth-order valence-electron chi connectivity index (χ4n) is 1.63. The van der Waals surface area contributed by atoms with E-state index in [1.54, 1.807) is 0 Å². The lowest BCUT2D eigenvalue weighted by Gasteiger charge is -2.02. The molecule has 16 heavy (non-hydrogen) atoms. The Morgan fingerprint density at radius 1 is 1.12 bits per heavy atom. The number of hydrogen-bond acceptors (Lipinski definition) is 2. The standard InChI is InChI=1S/C13H17N3/c1-10-11(2)16-13(15-10)9-14-8-12-6-4-3-5-7-12/h3-7,14H,8-9H2,1-2H3,(H,15,16). The van der Waals surface area contributed by atoms with Gasteiger partial charge in [0.25, 0.3) is 0 Å². The molecule has 0 saturated carbocycles. The minimum Gasteiger partial charge on any atom is -0.345 e. The summed E-state index contributed by atoms with van der Waals surface area (Å²) in [6.07, 6.45) is 0. The first-order valence-electron chi connectivity index (χ1n) is 5.52. The summed E-state index contributed by atoms with van der Waals surface area (Å²) >= 11 is 0. The van der Waals surface area contributed by atoms with Crippen molar-refractivity contribution in [1.29, 1.82) is 0 Å². The van der Waals surface area contributed by atoms with Crippen molar-refractivity contribution in [3.8, 4) is 0 Å². The molecule has 0 saturated heterocycles. The molecule has 0 aliphatic heterocycles. The van der Waals surface area contributed by atoms with Gasteiger partial charge < -0.3 is 10.3 Å². The van der Waals surface area contributed by atoms with Gasteiger partial charge in [0.05, 0.1) is 12.2 Å². The summed E-state index contributed by atoms with van der Waals surface area (Å²) in [4.78, 5) is 7.68. The summed E-state index contributed by atoms with van der Waals surface area (Å²) < 4.78 is 0. The van der Waals surface area contributed by atoms with Crippen LogP contribution in [0.15, 0.2) is 30.3 Å². The van der Waals surface area contributed by atoms with Crippen LogP contribution in [0.2, 0.25) is 0 Å². The predicted molar refractivity (Wildman–Crippen MR) is 65.0 cm³/mol. The molecule has 0 aliphatic rings. The molecule has 0 radical (unpaired) electrons. The summed E-state index contributed by atoms with van der Waals surface area (Å²) in [6, 6.07) is 10.4. The second-order valence-corrected chi connectivity index (χ2v) is 3.98. The SMILES string of the molecule is Cc1nc(CNCc2ccccc2)[nH]c1C. The number of nitrogens with zero attached hydrogens (tertiary/aromatic N) is 1. The van der Waals surface area contributed by atoms with Crippen molar-refractivity contribution >= 4 is 0 Å². The van der Waals surface area contributed by atoms with E-state index in [1.807, 2.05) is 19.9 Å². The maximum atomic E-state index is 4.42. The Kier molecular flexibility index (Phi) is 3.37. The topological polar surface area (TPSA) is 40.7 Å². The number of aromatic nitrogens is 2. The molecule has 3 heteroatoms. The van der Waals surface area contributed by atoms with Gasteiger partial charge >= 0.3 is 0 Å². The summed E-state index contributed by atoms with van der Waals surface area (Å²) in [6.45, 7) is 5.72. The smallest absolute Gasteiger partial charge is 0.120 e. The molecule has 0 bridgehead atoms.